The van der Waals surface area contributed by atoms with Gasteiger partial charge in [0.25, 0.3) is 0 Å². The number of esters is 1. The van der Waals surface area contributed by atoms with Crippen LogP contribution in [0.2, 0.25) is 0 Å². The van der Waals surface area contributed by atoms with E-state index < -0.39 is 9.84 Å². The van der Waals surface area contributed by atoms with Crippen LogP contribution in [0, 0.1) is 17.8 Å². The van der Waals surface area contributed by atoms with Crippen molar-refractivity contribution in [3.8, 4) is 0 Å². The van der Waals surface area contributed by atoms with Crippen molar-refractivity contribution in [2.24, 2.45) is 23.5 Å². The van der Waals surface area contributed by atoms with Crippen LogP contribution < -0.4 is 5.73 Å². The van der Waals surface area contributed by atoms with Crippen molar-refractivity contribution < 1.29 is 17.9 Å². The maximum absolute atomic E-state index is 11.8. The molecule has 0 aromatic carbocycles. The molecule has 0 radical (unpaired) electrons. The van der Waals surface area contributed by atoms with Gasteiger partial charge in [0.2, 0.25) is 0 Å². The topological polar surface area (TPSA) is 86.5 Å². The molecule has 6 heteroatoms. The standard InChI is InChI=1S/C14H27NO4S/c1-11(2)7-13(9-15)8-14(16)19-10-12-3-5-20(17,18)6-4-12/h11-13H,3-10,15H2,1-2H3/t13-/m0/s1. The van der Waals surface area contributed by atoms with E-state index in [0.29, 0.717) is 38.3 Å². The van der Waals surface area contributed by atoms with Gasteiger partial charge in [0.15, 0.2) is 0 Å². The molecule has 0 bridgehead atoms. The molecule has 1 saturated heterocycles. The third kappa shape index (κ3) is 6.70. The summed E-state index contributed by atoms with van der Waals surface area (Å²) < 4.78 is 27.9. The van der Waals surface area contributed by atoms with E-state index in [1.165, 1.54) is 0 Å². The van der Waals surface area contributed by atoms with Crippen LogP contribution in [0.1, 0.15) is 39.5 Å². The second-order valence-corrected chi connectivity index (χ2v) is 8.52. The lowest BCUT2D eigenvalue weighted by Gasteiger charge is -2.22. The number of ether oxygens (including phenoxy) is 1. The van der Waals surface area contributed by atoms with Crippen LogP contribution in [0.5, 0.6) is 0 Å². The summed E-state index contributed by atoms with van der Waals surface area (Å²) in [5.74, 6) is 1.09. The third-order valence-corrected chi connectivity index (χ3v) is 5.46. The van der Waals surface area contributed by atoms with E-state index in [0.717, 1.165) is 6.42 Å². The van der Waals surface area contributed by atoms with E-state index in [2.05, 4.69) is 13.8 Å². The highest BCUT2D eigenvalue weighted by Gasteiger charge is 2.25. The lowest BCUT2D eigenvalue weighted by atomic mass is 9.94. The lowest BCUT2D eigenvalue weighted by molar-refractivity contribution is -0.146. The smallest absolute Gasteiger partial charge is 0.306 e. The highest BCUT2D eigenvalue weighted by Crippen LogP contribution is 2.20. The zero-order chi connectivity index (χ0) is 15.2. The molecule has 0 saturated carbocycles. The van der Waals surface area contributed by atoms with E-state index >= 15 is 0 Å². The van der Waals surface area contributed by atoms with Crippen LogP contribution in [-0.4, -0.2) is 39.0 Å². The molecule has 1 atom stereocenters. The molecule has 5 nitrogen and oxygen atoms in total. The summed E-state index contributed by atoms with van der Waals surface area (Å²) in [5.41, 5.74) is 5.66. The molecular formula is C14H27NO4S. The molecule has 0 aromatic rings. The van der Waals surface area contributed by atoms with Gasteiger partial charge >= 0.3 is 5.97 Å². The van der Waals surface area contributed by atoms with Crippen molar-refractivity contribution in [1.29, 1.82) is 0 Å². The van der Waals surface area contributed by atoms with E-state index in [4.69, 9.17) is 10.5 Å². The molecule has 0 unspecified atom stereocenters. The average Bonchev–Trinajstić information content (AvgIpc) is 2.36. The number of hydrogen-bond acceptors (Lipinski definition) is 5. The van der Waals surface area contributed by atoms with Gasteiger partial charge in [-0.05, 0) is 43.6 Å². The van der Waals surface area contributed by atoms with Gasteiger partial charge in [-0.1, -0.05) is 13.8 Å². The molecule has 1 aliphatic rings. The normalized spacial score (nSPS) is 20.8. The van der Waals surface area contributed by atoms with Gasteiger partial charge in [-0.25, -0.2) is 8.42 Å². The minimum atomic E-state index is -2.85. The van der Waals surface area contributed by atoms with Crippen molar-refractivity contribution in [3.05, 3.63) is 0 Å². The fourth-order valence-corrected chi connectivity index (χ4v) is 4.13. The molecule has 0 amide bonds. The van der Waals surface area contributed by atoms with Gasteiger partial charge in [-0.2, -0.15) is 0 Å². The zero-order valence-corrected chi connectivity index (χ0v) is 13.3. The monoisotopic (exact) mass is 305 g/mol. The van der Waals surface area contributed by atoms with E-state index in [-0.39, 0.29) is 29.3 Å². The Balaban J connectivity index is 2.26. The predicted molar refractivity (Wildman–Crippen MR) is 79.0 cm³/mol. The van der Waals surface area contributed by atoms with Crippen LogP contribution in [0.15, 0.2) is 0 Å². The second-order valence-electron chi connectivity index (χ2n) is 6.21. The summed E-state index contributed by atoms with van der Waals surface area (Å²) in [6.45, 7) is 5.05. The Hall–Kier alpha value is -0.620. The van der Waals surface area contributed by atoms with E-state index in [9.17, 15) is 13.2 Å². The molecule has 1 aliphatic heterocycles. The zero-order valence-electron chi connectivity index (χ0n) is 12.5. The highest BCUT2D eigenvalue weighted by atomic mass is 32.2. The minimum Gasteiger partial charge on any atom is -0.465 e. The molecular weight excluding hydrogens is 278 g/mol. The van der Waals surface area contributed by atoms with Gasteiger partial charge in [-0.15, -0.1) is 0 Å². The third-order valence-electron chi connectivity index (χ3n) is 3.75. The largest absolute Gasteiger partial charge is 0.465 e. The lowest BCUT2D eigenvalue weighted by Crippen LogP contribution is -2.28. The fourth-order valence-electron chi connectivity index (χ4n) is 2.54. The number of hydrogen-bond donors (Lipinski definition) is 1. The number of nitrogens with two attached hydrogens (primary N) is 1. The minimum absolute atomic E-state index is 0.175. The number of sulfone groups is 1. The molecule has 20 heavy (non-hydrogen) atoms. The molecule has 118 valence electrons. The first kappa shape index (κ1) is 17.4. The predicted octanol–water partition coefficient (Wildman–Crippen LogP) is 1.37. The first-order chi connectivity index (χ1) is 9.32. The Morgan fingerprint density at radius 2 is 1.90 bits per heavy atom. The van der Waals surface area contributed by atoms with E-state index in [1.54, 1.807) is 0 Å². The van der Waals surface area contributed by atoms with E-state index in [1.807, 2.05) is 0 Å². The Morgan fingerprint density at radius 1 is 1.30 bits per heavy atom. The Kier molecular flexibility index (Phi) is 6.95. The molecule has 0 aromatic heterocycles. The van der Waals surface area contributed by atoms with Gasteiger partial charge in [0.1, 0.15) is 9.84 Å². The van der Waals surface area contributed by atoms with Crippen molar-refractivity contribution >= 4 is 15.8 Å². The Labute approximate surface area is 122 Å². The maximum Gasteiger partial charge on any atom is 0.306 e. The molecule has 0 aliphatic carbocycles. The van der Waals surface area contributed by atoms with Crippen molar-refractivity contribution in [1.82, 2.24) is 0 Å². The fraction of sp³-hybridized carbons (Fsp3) is 0.929. The van der Waals surface area contributed by atoms with Gasteiger partial charge in [-0.3, -0.25) is 4.79 Å². The van der Waals surface area contributed by atoms with Gasteiger partial charge in [0, 0.05) is 6.42 Å². The number of rotatable bonds is 7. The average molecular weight is 305 g/mol. The summed E-state index contributed by atoms with van der Waals surface area (Å²) in [7, 11) is -2.85. The van der Waals surface area contributed by atoms with Crippen molar-refractivity contribution in [2.75, 3.05) is 24.7 Å². The summed E-state index contributed by atoms with van der Waals surface area (Å²) in [5, 5.41) is 0. The second kappa shape index (κ2) is 7.98. The number of carbonyl (C=O) groups excluding carboxylic acids is 1. The summed E-state index contributed by atoms with van der Waals surface area (Å²) in [6.07, 6.45) is 2.48. The highest BCUT2D eigenvalue weighted by molar-refractivity contribution is 7.91. The van der Waals surface area contributed by atoms with Crippen LogP contribution in [-0.2, 0) is 19.4 Å². The molecule has 1 heterocycles. The molecule has 1 fully saturated rings. The SMILES string of the molecule is CC(C)C[C@H](CN)CC(=O)OCC1CCS(=O)(=O)CC1. The van der Waals surface area contributed by atoms with Crippen LogP contribution in [0.25, 0.3) is 0 Å². The summed E-state index contributed by atoms with van der Waals surface area (Å²) in [6, 6.07) is 0. The molecule has 1 rings (SSSR count). The first-order valence-electron chi connectivity index (χ1n) is 7.38. The van der Waals surface area contributed by atoms with Crippen LogP contribution in [0.3, 0.4) is 0 Å². The number of carbonyl (C=O) groups is 1. The van der Waals surface area contributed by atoms with Crippen LogP contribution in [0.4, 0.5) is 0 Å². The van der Waals surface area contributed by atoms with Gasteiger partial charge < -0.3 is 10.5 Å². The van der Waals surface area contributed by atoms with Crippen LogP contribution >= 0.6 is 0 Å². The summed E-state index contributed by atoms with van der Waals surface area (Å²) >= 11 is 0. The van der Waals surface area contributed by atoms with Crippen molar-refractivity contribution in [2.45, 2.75) is 39.5 Å². The first-order valence-corrected chi connectivity index (χ1v) is 9.20. The maximum atomic E-state index is 11.8. The van der Waals surface area contributed by atoms with Crippen molar-refractivity contribution in [3.63, 3.8) is 0 Å². The summed E-state index contributed by atoms with van der Waals surface area (Å²) in [4.78, 5) is 11.8. The Morgan fingerprint density at radius 3 is 2.40 bits per heavy atom. The Bertz CT molecular complexity index is 391. The van der Waals surface area contributed by atoms with Gasteiger partial charge in [0.05, 0.1) is 18.1 Å². The molecule has 2 N–H and O–H groups in total. The quantitative estimate of drug-likeness (QED) is 0.718. The molecule has 0 spiro atoms.